The SMILES string of the molecule is O=P(O)(O)OC[C@H]1O[C@H](OCCCCCCO[C@H]2O[C@H](COP(=O)(O)O)[C@@H](O)[C@H](O)[C@@H]2O)[C@@H](O)[C@@H](O)[C@@H]1O. The molecule has 0 aliphatic carbocycles. The first-order valence-corrected chi connectivity index (χ1v) is 14.7. The van der Waals surface area contributed by atoms with Gasteiger partial charge in [-0.2, -0.15) is 0 Å². The molecule has 20 heteroatoms. The summed E-state index contributed by atoms with van der Waals surface area (Å²) in [4.78, 5) is 35.1. The van der Waals surface area contributed by atoms with Gasteiger partial charge in [-0.05, 0) is 12.8 Å². The average Bonchev–Trinajstić information content (AvgIpc) is 2.82. The van der Waals surface area contributed by atoms with E-state index in [4.69, 9.17) is 38.5 Å². The molecule has 0 aromatic rings. The highest BCUT2D eigenvalue weighted by molar-refractivity contribution is 7.46. The molecule has 10 atom stereocenters. The summed E-state index contributed by atoms with van der Waals surface area (Å²) in [6.07, 6.45) is -13.3. The molecule has 0 unspecified atom stereocenters. The van der Waals surface area contributed by atoms with Crippen molar-refractivity contribution in [1.82, 2.24) is 0 Å². The molecule has 2 aliphatic rings. The third kappa shape index (κ3) is 11.0. The molecule has 0 aromatic carbocycles. The third-order valence-electron chi connectivity index (χ3n) is 5.75. The van der Waals surface area contributed by atoms with Crippen LogP contribution in [-0.2, 0) is 37.1 Å². The van der Waals surface area contributed by atoms with Crippen LogP contribution in [0.5, 0.6) is 0 Å². The predicted molar refractivity (Wildman–Crippen MR) is 120 cm³/mol. The number of unbranched alkanes of at least 4 members (excludes halogenated alkanes) is 3. The number of hydrogen-bond donors (Lipinski definition) is 10. The molecule has 2 aliphatic heterocycles. The highest BCUT2D eigenvalue weighted by Crippen LogP contribution is 2.38. The Kier molecular flexibility index (Phi) is 13.6. The quantitative estimate of drug-likeness (QED) is 0.0640. The van der Waals surface area contributed by atoms with E-state index in [0.29, 0.717) is 25.7 Å². The van der Waals surface area contributed by atoms with Crippen molar-refractivity contribution in [3.8, 4) is 0 Å². The second-order valence-corrected chi connectivity index (χ2v) is 11.2. The Balaban J connectivity index is 1.66. The fourth-order valence-corrected chi connectivity index (χ4v) is 4.36. The van der Waals surface area contributed by atoms with Gasteiger partial charge in [0.1, 0.15) is 48.8 Å². The van der Waals surface area contributed by atoms with E-state index in [1.807, 2.05) is 0 Å². The standard InChI is InChI=1S/C18H36O18P2/c19-11-9(7-33-37(25,26)27)35-17(15(23)13(11)21)31-5-3-1-2-4-6-32-18-16(24)14(22)12(20)10(36-18)8-34-38(28,29)30/h9-24H,1-8H2,(H2,25,26,27)(H2,28,29,30)/t9-,10-,11-,12-,13+,14+,15+,16+,17+,18+/m1/s1. The van der Waals surface area contributed by atoms with E-state index < -0.39 is 90.3 Å². The Hall–Kier alpha value is -0.180. The number of aliphatic hydroxyl groups excluding tert-OH is 6. The minimum atomic E-state index is -4.85. The van der Waals surface area contributed by atoms with Crippen LogP contribution < -0.4 is 0 Å². The zero-order valence-corrected chi connectivity index (χ0v) is 21.9. The van der Waals surface area contributed by atoms with Gasteiger partial charge >= 0.3 is 15.6 Å². The lowest BCUT2D eigenvalue weighted by Gasteiger charge is -2.40. The van der Waals surface area contributed by atoms with Crippen LogP contribution in [0.3, 0.4) is 0 Å². The topological polar surface area (TPSA) is 292 Å². The molecule has 10 N–H and O–H groups in total. The van der Waals surface area contributed by atoms with E-state index in [9.17, 15) is 39.8 Å². The van der Waals surface area contributed by atoms with Crippen LogP contribution in [0, 0.1) is 0 Å². The lowest BCUT2D eigenvalue weighted by Crippen LogP contribution is -2.59. The number of ether oxygens (including phenoxy) is 4. The van der Waals surface area contributed by atoms with Crippen LogP contribution in [-0.4, -0.2) is 138 Å². The van der Waals surface area contributed by atoms with Crippen molar-refractivity contribution in [2.24, 2.45) is 0 Å². The van der Waals surface area contributed by atoms with E-state index in [1.54, 1.807) is 0 Å². The van der Waals surface area contributed by atoms with Crippen molar-refractivity contribution >= 4 is 15.6 Å². The maximum Gasteiger partial charge on any atom is 0.469 e. The van der Waals surface area contributed by atoms with Crippen LogP contribution in [0.4, 0.5) is 0 Å². The molecule has 2 fully saturated rings. The number of rotatable bonds is 15. The highest BCUT2D eigenvalue weighted by Gasteiger charge is 2.46. The lowest BCUT2D eigenvalue weighted by atomic mass is 9.99. The molecule has 2 saturated heterocycles. The number of aliphatic hydroxyl groups is 6. The normalized spacial score (nSPS) is 36.9. The molecule has 226 valence electrons. The summed E-state index contributed by atoms with van der Waals surface area (Å²) in [6.45, 7) is -1.37. The number of phosphoric ester groups is 2. The molecule has 0 spiro atoms. The van der Waals surface area contributed by atoms with Crippen LogP contribution >= 0.6 is 15.6 Å². The summed E-state index contributed by atoms with van der Waals surface area (Å²) < 4.78 is 51.5. The van der Waals surface area contributed by atoms with Gasteiger partial charge in [0, 0.05) is 13.2 Å². The molecule has 0 aromatic heterocycles. The number of phosphoric acid groups is 2. The van der Waals surface area contributed by atoms with Gasteiger partial charge in [0.25, 0.3) is 0 Å². The van der Waals surface area contributed by atoms with Crippen LogP contribution in [0.1, 0.15) is 25.7 Å². The van der Waals surface area contributed by atoms with Gasteiger partial charge in [-0.25, -0.2) is 9.13 Å². The molecule has 38 heavy (non-hydrogen) atoms. The summed E-state index contributed by atoms with van der Waals surface area (Å²) in [5.41, 5.74) is 0. The van der Waals surface area contributed by atoms with Crippen molar-refractivity contribution in [3.63, 3.8) is 0 Å². The van der Waals surface area contributed by atoms with Crippen LogP contribution in [0.25, 0.3) is 0 Å². The summed E-state index contributed by atoms with van der Waals surface area (Å²) in [7, 11) is -9.70. The Morgan fingerprint density at radius 2 is 0.868 bits per heavy atom. The molecule has 0 bridgehead atoms. The van der Waals surface area contributed by atoms with Crippen molar-refractivity contribution < 1.29 is 87.3 Å². The van der Waals surface area contributed by atoms with E-state index in [0.717, 1.165) is 0 Å². The van der Waals surface area contributed by atoms with E-state index >= 15 is 0 Å². The van der Waals surface area contributed by atoms with Gasteiger partial charge in [-0.15, -0.1) is 0 Å². The summed E-state index contributed by atoms with van der Waals surface area (Å²) >= 11 is 0. The fourth-order valence-electron chi connectivity index (χ4n) is 3.68. The zero-order valence-electron chi connectivity index (χ0n) is 20.1. The van der Waals surface area contributed by atoms with E-state index in [-0.39, 0.29) is 13.2 Å². The predicted octanol–water partition coefficient (Wildman–Crippen LogP) is -3.59. The van der Waals surface area contributed by atoms with Gasteiger partial charge in [-0.3, -0.25) is 9.05 Å². The van der Waals surface area contributed by atoms with Crippen molar-refractivity contribution in [2.75, 3.05) is 26.4 Å². The number of hydrogen-bond acceptors (Lipinski definition) is 14. The Labute approximate surface area is 217 Å². The first kappa shape index (κ1) is 34.0. The first-order chi connectivity index (χ1) is 17.6. The Morgan fingerprint density at radius 3 is 1.18 bits per heavy atom. The monoisotopic (exact) mass is 602 g/mol. The Bertz CT molecular complexity index is 727. The summed E-state index contributed by atoms with van der Waals surface area (Å²) in [5, 5.41) is 59.7. The second-order valence-electron chi connectivity index (χ2n) is 8.76. The minimum absolute atomic E-state index is 0.0627. The molecule has 0 radical (unpaired) electrons. The van der Waals surface area contributed by atoms with Gasteiger partial charge in [-0.1, -0.05) is 12.8 Å². The van der Waals surface area contributed by atoms with Crippen LogP contribution in [0.2, 0.25) is 0 Å². The van der Waals surface area contributed by atoms with Gasteiger partial charge in [0.15, 0.2) is 12.6 Å². The zero-order chi connectivity index (χ0) is 28.7. The highest BCUT2D eigenvalue weighted by atomic mass is 31.2. The molecular weight excluding hydrogens is 566 g/mol. The largest absolute Gasteiger partial charge is 0.469 e. The molecule has 18 nitrogen and oxygen atoms in total. The molecule has 0 saturated carbocycles. The van der Waals surface area contributed by atoms with Crippen molar-refractivity contribution in [3.05, 3.63) is 0 Å². The second kappa shape index (κ2) is 15.2. The van der Waals surface area contributed by atoms with Crippen LogP contribution in [0.15, 0.2) is 0 Å². The average molecular weight is 602 g/mol. The molecular formula is C18H36O18P2. The maximum absolute atomic E-state index is 10.8. The third-order valence-corrected chi connectivity index (χ3v) is 6.72. The summed E-state index contributed by atoms with van der Waals surface area (Å²) in [5.74, 6) is 0. The van der Waals surface area contributed by atoms with E-state index in [2.05, 4.69) is 9.05 Å². The van der Waals surface area contributed by atoms with Crippen molar-refractivity contribution in [1.29, 1.82) is 0 Å². The fraction of sp³-hybridized carbons (Fsp3) is 1.00. The van der Waals surface area contributed by atoms with Gasteiger partial charge in [0.2, 0.25) is 0 Å². The smallest absolute Gasteiger partial charge is 0.387 e. The molecule has 2 heterocycles. The Morgan fingerprint density at radius 1 is 0.526 bits per heavy atom. The molecule has 2 rings (SSSR count). The van der Waals surface area contributed by atoms with Gasteiger partial charge in [0.05, 0.1) is 13.2 Å². The van der Waals surface area contributed by atoms with Gasteiger partial charge < -0.3 is 69.2 Å². The van der Waals surface area contributed by atoms with Crippen molar-refractivity contribution in [2.45, 2.75) is 87.1 Å². The lowest BCUT2D eigenvalue weighted by molar-refractivity contribution is -0.301. The minimum Gasteiger partial charge on any atom is -0.387 e. The molecule has 0 amide bonds. The van der Waals surface area contributed by atoms with E-state index in [1.165, 1.54) is 0 Å². The summed E-state index contributed by atoms with van der Waals surface area (Å²) in [6, 6.07) is 0. The maximum atomic E-state index is 10.8. The first-order valence-electron chi connectivity index (χ1n) is 11.6.